The van der Waals surface area contributed by atoms with Crippen LogP contribution in [0, 0.1) is 0 Å². The molecule has 5 nitrogen and oxygen atoms in total. The van der Waals surface area contributed by atoms with Gasteiger partial charge in [-0.1, -0.05) is 36.4 Å². The Hall–Kier alpha value is -3.05. The van der Waals surface area contributed by atoms with Gasteiger partial charge in [0, 0.05) is 36.8 Å². The van der Waals surface area contributed by atoms with Crippen molar-refractivity contribution in [3.05, 3.63) is 71.8 Å². The molecule has 4 rings (SSSR count). The van der Waals surface area contributed by atoms with Crippen LogP contribution in [-0.2, 0) is 13.1 Å². The minimum atomic E-state index is 0.591. The lowest BCUT2D eigenvalue weighted by atomic mass is 10.0. The zero-order chi connectivity index (χ0) is 19.3. The number of nitrogens with zero attached hydrogens (tertiary/aromatic N) is 2. The molecule has 0 fully saturated rings. The molecule has 2 aromatic carbocycles. The molecule has 144 valence electrons. The summed E-state index contributed by atoms with van der Waals surface area (Å²) < 4.78 is 17.0. The molecular weight excluding hydrogens is 352 g/mol. The van der Waals surface area contributed by atoms with Crippen molar-refractivity contribution < 1.29 is 14.2 Å². The molecule has 0 saturated carbocycles. The number of hydrogen-bond donors (Lipinski definition) is 0. The molecule has 2 heterocycles. The highest BCUT2D eigenvalue weighted by molar-refractivity contribution is 5.67. The first-order valence-corrected chi connectivity index (χ1v) is 9.38. The third-order valence-electron chi connectivity index (χ3n) is 4.88. The van der Waals surface area contributed by atoms with Gasteiger partial charge in [0.25, 0.3) is 0 Å². The largest absolute Gasteiger partial charge is 0.493 e. The molecule has 3 aromatic rings. The summed E-state index contributed by atoms with van der Waals surface area (Å²) in [6.45, 7) is 3.17. The van der Waals surface area contributed by atoms with E-state index in [-0.39, 0.29) is 0 Å². The van der Waals surface area contributed by atoms with Crippen LogP contribution in [0.25, 0.3) is 11.3 Å². The molecule has 28 heavy (non-hydrogen) atoms. The fourth-order valence-corrected chi connectivity index (χ4v) is 3.50. The minimum Gasteiger partial charge on any atom is -0.493 e. The Morgan fingerprint density at radius 3 is 2.64 bits per heavy atom. The lowest BCUT2D eigenvalue weighted by Crippen LogP contribution is -2.25. The molecule has 0 spiro atoms. The van der Waals surface area contributed by atoms with Gasteiger partial charge >= 0.3 is 0 Å². The van der Waals surface area contributed by atoms with E-state index in [0.717, 1.165) is 48.0 Å². The van der Waals surface area contributed by atoms with Gasteiger partial charge in [0.1, 0.15) is 6.61 Å². The zero-order valence-corrected chi connectivity index (χ0v) is 16.2. The van der Waals surface area contributed by atoms with Crippen molar-refractivity contribution in [2.75, 3.05) is 27.4 Å². The average Bonchev–Trinajstić information content (AvgIpc) is 2.95. The second-order valence-electron chi connectivity index (χ2n) is 6.78. The Balaban J connectivity index is 1.68. The van der Waals surface area contributed by atoms with Gasteiger partial charge in [-0.25, -0.2) is 4.98 Å². The van der Waals surface area contributed by atoms with E-state index in [1.54, 1.807) is 14.2 Å². The molecule has 0 N–H and O–H groups in total. The van der Waals surface area contributed by atoms with Gasteiger partial charge in [0.05, 0.1) is 19.9 Å². The summed E-state index contributed by atoms with van der Waals surface area (Å²) in [6, 6.07) is 20.4. The number of fused-ring (bicyclic) bond motifs is 1. The Bertz CT molecular complexity index is 944. The monoisotopic (exact) mass is 376 g/mol. The molecule has 1 aromatic heterocycles. The van der Waals surface area contributed by atoms with Crippen LogP contribution in [0.5, 0.6) is 17.4 Å². The highest BCUT2D eigenvalue weighted by Gasteiger charge is 2.21. The van der Waals surface area contributed by atoms with Gasteiger partial charge in [0.2, 0.25) is 5.88 Å². The standard InChI is InChI=1S/C23H24N2O3/c1-26-21-14-18(20-9-6-10-22(24-20)27-2)13-19-16-25(11-12-28-23(19)21)15-17-7-4-3-5-8-17/h3-10,13-14H,11-12,15-16H2,1-2H3. The number of rotatable bonds is 5. The first-order valence-electron chi connectivity index (χ1n) is 9.38. The molecule has 0 amide bonds. The van der Waals surface area contributed by atoms with Gasteiger partial charge in [-0.15, -0.1) is 0 Å². The third kappa shape index (κ3) is 3.94. The molecule has 0 aliphatic carbocycles. The summed E-state index contributed by atoms with van der Waals surface area (Å²) in [5.41, 5.74) is 4.23. The topological polar surface area (TPSA) is 43.8 Å². The van der Waals surface area contributed by atoms with Crippen LogP contribution in [0.3, 0.4) is 0 Å². The second kappa shape index (κ2) is 8.31. The Morgan fingerprint density at radius 2 is 1.86 bits per heavy atom. The summed E-state index contributed by atoms with van der Waals surface area (Å²) in [7, 11) is 3.30. The van der Waals surface area contributed by atoms with Gasteiger partial charge in [-0.3, -0.25) is 4.90 Å². The highest BCUT2D eigenvalue weighted by Crippen LogP contribution is 2.38. The van der Waals surface area contributed by atoms with Crippen molar-refractivity contribution in [2.24, 2.45) is 0 Å². The Kier molecular flexibility index (Phi) is 5.44. The smallest absolute Gasteiger partial charge is 0.213 e. The van der Waals surface area contributed by atoms with Gasteiger partial charge in [-0.05, 0) is 23.8 Å². The predicted octanol–water partition coefficient (Wildman–Crippen LogP) is 4.16. The van der Waals surface area contributed by atoms with E-state index in [2.05, 4.69) is 40.2 Å². The molecule has 5 heteroatoms. The zero-order valence-electron chi connectivity index (χ0n) is 16.2. The quantitative estimate of drug-likeness (QED) is 0.669. The van der Waals surface area contributed by atoms with Crippen LogP contribution in [0.2, 0.25) is 0 Å². The van der Waals surface area contributed by atoms with Crippen molar-refractivity contribution in [1.29, 1.82) is 0 Å². The van der Waals surface area contributed by atoms with Crippen LogP contribution >= 0.6 is 0 Å². The summed E-state index contributed by atoms with van der Waals surface area (Å²) in [5, 5.41) is 0. The van der Waals surface area contributed by atoms with Crippen molar-refractivity contribution in [1.82, 2.24) is 9.88 Å². The van der Waals surface area contributed by atoms with E-state index in [1.807, 2.05) is 30.3 Å². The number of hydrogen-bond acceptors (Lipinski definition) is 5. The maximum absolute atomic E-state index is 6.06. The molecule has 1 aliphatic rings. The van der Waals surface area contributed by atoms with Crippen molar-refractivity contribution in [3.8, 4) is 28.6 Å². The maximum Gasteiger partial charge on any atom is 0.213 e. The van der Waals surface area contributed by atoms with E-state index in [0.29, 0.717) is 12.5 Å². The summed E-state index contributed by atoms with van der Waals surface area (Å²) in [6.07, 6.45) is 0. The number of aromatic nitrogens is 1. The average molecular weight is 376 g/mol. The molecule has 1 aliphatic heterocycles. The molecule has 0 radical (unpaired) electrons. The van der Waals surface area contributed by atoms with Gasteiger partial charge in [-0.2, -0.15) is 0 Å². The maximum atomic E-state index is 6.06. The fraction of sp³-hybridized carbons (Fsp3) is 0.261. The normalized spacial score (nSPS) is 13.9. The highest BCUT2D eigenvalue weighted by atomic mass is 16.5. The van der Waals surface area contributed by atoms with E-state index in [4.69, 9.17) is 14.2 Å². The number of benzene rings is 2. The molecule has 0 saturated heterocycles. The minimum absolute atomic E-state index is 0.591. The number of pyridine rings is 1. The van der Waals surface area contributed by atoms with Crippen LogP contribution in [-0.4, -0.2) is 37.3 Å². The summed E-state index contributed by atoms with van der Waals surface area (Å²) in [4.78, 5) is 6.96. The SMILES string of the molecule is COc1cccc(-c2cc3c(c(OC)c2)OCCN(Cc2ccccc2)C3)n1. The third-order valence-corrected chi connectivity index (χ3v) is 4.88. The van der Waals surface area contributed by atoms with Crippen molar-refractivity contribution >= 4 is 0 Å². The Morgan fingerprint density at radius 1 is 1.00 bits per heavy atom. The predicted molar refractivity (Wildman–Crippen MR) is 109 cm³/mol. The van der Waals surface area contributed by atoms with Crippen molar-refractivity contribution in [2.45, 2.75) is 13.1 Å². The lowest BCUT2D eigenvalue weighted by molar-refractivity contribution is 0.217. The van der Waals surface area contributed by atoms with Gasteiger partial charge in [0.15, 0.2) is 11.5 Å². The fourth-order valence-electron chi connectivity index (χ4n) is 3.50. The molecule has 0 atom stereocenters. The van der Waals surface area contributed by atoms with Crippen LogP contribution in [0.15, 0.2) is 60.7 Å². The molecular formula is C23H24N2O3. The number of ether oxygens (including phenoxy) is 3. The summed E-state index contributed by atoms with van der Waals surface area (Å²) in [5.74, 6) is 2.15. The first-order chi connectivity index (χ1) is 13.8. The summed E-state index contributed by atoms with van der Waals surface area (Å²) >= 11 is 0. The second-order valence-corrected chi connectivity index (χ2v) is 6.78. The van der Waals surface area contributed by atoms with Crippen molar-refractivity contribution in [3.63, 3.8) is 0 Å². The van der Waals surface area contributed by atoms with E-state index >= 15 is 0 Å². The van der Waals surface area contributed by atoms with Crippen LogP contribution in [0.4, 0.5) is 0 Å². The lowest BCUT2D eigenvalue weighted by Gasteiger charge is -2.20. The van der Waals surface area contributed by atoms with E-state index in [1.165, 1.54) is 5.56 Å². The van der Waals surface area contributed by atoms with Crippen LogP contribution < -0.4 is 14.2 Å². The van der Waals surface area contributed by atoms with E-state index < -0.39 is 0 Å². The number of methoxy groups -OCH3 is 2. The molecule has 0 bridgehead atoms. The van der Waals surface area contributed by atoms with Gasteiger partial charge < -0.3 is 14.2 Å². The Labute approximate surface area is 165 Å². The molecule has 0 unspecified atom stereocenters. The van der Waals surface area contributed by atoms with Crippen LogP contribution in [0.1, 0.15) is 11.1 Å². The first kappa shape index (κ1) is 18.3. The van der Waals surface area contributed by atoms with E-state index in [9.17, 15) is 0 Å².